The number of rotatable bonds is 10. The van der Waals surface area contributed by atoms with Gasteiger partial charge in [-0.2, -0.15) is 0 Å². The average molecular weight is 420 g/mol. The van der Waals surface area contributed by atoms with Crippen LogP contribution in [0.1, 0.15) is 11.6 Å². The molecule has 162 valence electrons. The van der Waals surface area contributed by atoms with Gasteiger partial charge in [0, 0.05) is 17.9 Å². The van der Waals surface area contributed by atoms with Crippen LogP contribution in [0.4, 0.5) is 11.4 Å². The first kappa shape index (κ1) is 22.2. The minimum Gasteiger partial charge on any atom is -0.497 e. The van der Waals surface area contributed by atoms with E-state index in [4.69, 9.17) is 9.47 Å². The minimum atomic E-state index is -0.166. The zero-order valence-electron chi connectivity index (χ0n) is 18.2. The molecule has 0 saturated heterocycles. The number of methoxy groups -OCH3 is 1. The van der Waals surface area contributed by atoms with Crippen LogP contribution in [-0.4, -0.2) is 45.2 Å². The predicted molar refractivity (Wildman–Crippen MR) is 124 cm³/mol. The van der Waals surface area contributed by atoms with E-state index < -0.39 is 0 Å². The van der Waals surface area contributed by atoms with E-state index in [1.165, 1.54) is 0 Å². The summed E-state index contributed by atoms with van der Waals surface area (Å²) in [5, 5.41) is 6.27. The van der Waals surface area contributed by atoms with Gasteiger partial charge in [-0.05, 0) is 68.2 Å². The van der Waals surface area contributed by atoms with Crippen molar-refractivity contribution < 1.29 is 14.3 Å². The summed E-state index contributed by atoms with van der Waals surface area (Å²) in [4.78, 5) is 14.4. The lowest BCUT2D eigenvalue weighted by molar-refractivity contribution is -0.123. The molecule has 0 fully saturated rings. The first-order valence-electron chi connectivity index (χ1n) is 10.2. The Labute approximate surface area is 183 Å². The number of carbonyl (C=O) groups is 1. The van der Waals surface area contributed by atoms with Crippen LogP contribution < -0.4 is 20.1 Å². The van der Waals surface area contributed by atoms with Gasteiger partial charge in [0.15, 0.2) is 6.61 Å². The van der Waals surface area contributed by atoms with Gasteiger partial charge in [0.25, 0.3) is 5.91 Å². The first-order valence-corrected chi connectivity index (χ1v) is 10.2. The lowest BCUT2D eigenvalue weighted by Gasteiger charge is -2.25. The van der Waals surface area contributed by atoms with Crippen LogP contribution in [0.25, 0.3) is 0 Å². The van der Waals surface area contributed by atoms with Crippen molar-refractivity contribution in [3.8, 4) is 11.5 Å². The van der Waals surface area contributed by atoms with Crippen LogP contribution in [-0.2, 0) is 4.79 Å². The lowest BCUT2D eigenvalue weighted by Crippen LogP contribution is -2.36. The molecule has 0 spiro atoms. The summed E-state index contributed by atoms with van der Waals surface area (Å²) in [5.41, 5.74) is 3.05. The molecule has 6 nitrogen and oxygen atoms in total. The summed E-state index contributed by atoms with van der Waals surface area (Å²) in [7, 11) is 5.61. The maximum atomic E-state index is 12.3. The third kappa shape index (κ3) is 6.76. The lowest BCUT2D eigenvalue weighted by atomic mass is 10.1. The van der Waals surface area contributed by atoms with Gasteiger partial charge < -0.3 is 25.0 Å². The van der Waals surface area contributed by atoms with Gasteiger partial charge in [-0.1, -0.05) is 30.3 Å². The number of likely N-dealkylation sites (N-methyl/N-ethyl adjacent to an activating group) is 1. The molecule has 0 aliphatic rings. The Morgan fingerprint density at radius 3 is 2.29 bits per heavy atom. The number of hydrogen-bond donors (Lipinski definition) is 2. The number of hydrogen-bond acceptors (Lipinski definition) is 5. The smallest absolute Gasteiger partial charge is 0.258 e. The molecule has 0 aliphatic carbocycles. The second-order valence-corrected chi connectivity index (χ2v) is 7.36. The Bertz CT molecular complexity index is 959. The van der Waals surface area contributed by atoms with Crippen LogP contribution in [0.3, 0.4) is 0 Å². The SMILES string of the molecule is COc1cccc([C@H](CNC(=O)COc2ccc(Nc3ccccc3)cc2)N(C)C)c1. The van der Waals surface area contributed by atoms with Crippen molar-refractivity contribution in [3.05, 3.63) is 84.4 Å². The van der Waals surface area contributed by atoms with E-state index in [0.717, 1.165) is 22.7 Å². The molecule has 3 rings (SSSR count). The predicted octanol–water partition coefficient (Wildman–Crippen LogP) is 4.24. The van der Waals surface area contributed by atoms with E-state index in [-0.39, 0.29) is 18.6 Å². The number of amides is 1. The molecule has 0 aromatic heterocycles. The van der Waals surface area contributed by atoms with Crippen molar-refractivity contribution in [2.45, 2.75) is 6.04 Å². The fourth-order valence-electron chi connectivity index (χ4n) is 3.18. The highest BCUT2D eigenvalue weighted by Gasteiger charge is 2.16. The molecular formula is C25H29N3O3. The largest absolute Gasteiger partial charge is 0.497 e. The molecule has 0 saturated carbocycles. The summed E-state index contributed by atoms with van der Waals surface area (Å²) in [6.07, 6.45) is 0. The van der Waals surface area contributed by atoms with E-state index in [1.807, 2.05) is 93.0 Å². The summed E-state index contributed by atoms with van der Waals surface area (Å²) in [6.45, 7) is 0.437. The number of nitrogens with zero attached hydrogens (tertiary/aromatic N) is 1. The van der Waals surface area contributed by atoms with Gasteiger partial charge in [-0.15, -0.1) is 0 Å². The molecule has 2 N–H and O–H groups in total. The van der Waals surface area contributed by atoms with Gasteiger partial charge in [0.05, 0.1) is 13.2 Å². The summed E-state index contributed by atoms with van der Waals surface area (Å²) >= 11 is 0. The van der Waals surface area contributed by atoms with Gasteiger partial charge in [0.2, 0.25) is 0 Å². The van der Waals surface area contributed by atoms with Gasteiger partial charge in [0.1, 0.15) is 11.5 Å². The average Bonchev–Trinajstić information content (AvgIpc) is 2.79. The van der Waals surface area contributed by atoms with Crippen molar-refractivity contribution in [2.24, 2.45) is 0 Å². The highest BCUT2D eigenvalue weighted by molar-refractivity contribution is 5.77. The molecular weight excluding hydrogens is 390 g/mol. The van der Waals surface area contributed by atoms with Gasteiger partial charge >= 0.3 is 0 Å². The molecule has 0 aliphatic heterocycles. The first-order chi connectivity index (χ1) is 15.0. The highest BCUT2D eigenvalue weighted by Crippen LogP contribution is 2.22. The molecule has 31 heavy (non-hydrogen) atoms. The Balaban J connectivity index is 1.48. The summed E-state index contributed by atoms with van der Waals surface area (Å²) in [5.74, 6) is 1.27. The summed E-state index contributed by atoms with van der Waals surface area (Å²) < 4.78 is 10.9. The molecule has 3 aromatic rings. The number of benzene rings is 3. The van der Waals surface area contributed by atoms with E-state index in [0.29, 0.717) is 12.3 Å². The van der Waals surface area contributed by atoms with Crippen LogP contribution >= 0.6 is 0 Å². The maximum Gasteiger partial charge on any atom is 0.258 e. The number of anilines is 2. The van der Waals surface area contributed by atoms with E-state index in [1.54, 1.807) is 7.11 Å². The molecule has 0 radical (unpaired) electrons. The van der Waals surface area contributed by atoms with Crippen LogP contribution in [0, 0.1) is 0 Å². The summed E-state index contributed by atoms with van der Waals surface area (Å²) in [6, 6.07) is 25.4. The van der Waals surface area contributed by atoms with Gasteiger partial charge in [-0.3, -0.25) is 4.79 Å². The van der Waals surface area contributed by atoms with Crippen LogP contribution in [0.5, 0.6) is 11.5 Å². The van der Waals surface area contributed by atoms with E-state index in [2.05, 4.69) is 15.5 Å². The van der Waals surface area contributed by atoms with Crippen molar-refractivity contribution in [1.82, 2.24) is 10.2 Å². The highest BCUT2D eigenvalue weighted by atomic mass is 16.5. The zero-order valence-corrected chi connectivity index (χ0v) is 18.2. The monoisotopic (exact) mass is 419 g/mol. The van der Waals surface area contributed by atoms with E-state index in [9.17, 15) is 4.79 Å². The zero-order chi connectivity index (χ0) is 22.1. The van der Waals surface area contributed by atoms with Crippen molar-refractivity contribution >= 4 is 17.3 Å². The number of carbonyl (C=O) groups excluding carboxylic acids is 1. The number of nitrogens with one attached hydrogen (secondary N) is 2. The molecule has 3 aromatic carbocycles. The Kier molecular flexibility index (Phi) is 7.90. The second-order valence-electron chi connectivity index (χ2n) is 7.36. The molecule has 6 heteroatoms. The topological polar surface area (TPSA) is 62.8 Å². The Morgan fingerprint density at radius 1 is 0.903 bits per heavy atom. The van der Waals surface area contributed by atoms with Crippen LogP contribution in [0.15, 0.2) is 78.9 Å². The maximum absolute atomic E-state index is 12.3. The molecule has 0 bridgehead atoms. The third-order valence-electron chi connectivity index (χ3n) is 4.88. The van der Waals surface area contributed by atoms with Crippen molar-refractivity contribution in [2.75, 3.05) is 39.7 Å². The van der Waals surface area contributed by atoms with Gasteiger partial charge in [-0.25, -0.2) is 0 Å². The molecule has 0 heterocycles. The van der Waals surface area contributed by atoms with Crippen molar-refractivity contribution in [3.63, 3.8) is 0 Å². The Morgan fingerprint density at radius 2 is 1.61 bits per heavy atom. The van der Waals surface area contributed by atoms with E-state index >= 15 is 0 Å². The van der Waals surface area contributed by atoms with Crippen molar-refractivity contribution in [1.29, 1.82) is 0 Å². The third-order valence-corrected chi connectivity index (χ3v) is 4.88. The Hall–Kier alpha value is -3.51. The molecule has 1 amide bonds. The fourth-order valence-corrected chi connectivity index (χ4v) is 3.18. The quantitative estimate of drug-likeness (QED) is 0.515. The second kappa shape index (κ2) is 11.0. The normalized spacial score (nSPS) is 11.6. The van der Waals surface area contributed by atoms with Crippen LogP contribution in [0.2, 0.25) is 0 Å². The standard InChI is InChI=1S/C25H29N3O3/c1-28(2)24(19-8-7-11-23(16-19)30-3)17-26-25(29)18-31-22-14-12-21(13-15-22)27-20-9-5-4-6-10-20/h4-16,24,27H,17-18H2,1-3H3,(H,26,29)/t24-/m0/s1. The number of para-hydroxylation sites is 1. The number of ether oxygens (including phenoxy) is 2. The minimum absolute atomic E-state index is 0.0300. The fraction of sp³-hybridized carbons (Fsp3) is 0.240. The molecule has 0 unspecified atom stereocenters. The molecule has 1 atom stereocenters.